The summed E-state index contributed by atoms with van der Waals surface area (Å²) in [7, 11) is 0. The molecule has 4 N–H and O–H groups in total. The van der Waals surface area contributed by atoms with Crippen LogP contribution in [0.1, 0.15) is 20.8 Å². The summed E-state index contributed by atoms with van der Waals surface area (Å²) in [5.74, 6) is 0.770. The first-order valence-electron chi connectivity index (χ1n) is 7.89. The first kappa shape index (κ1) is 19.0. The van der Waals surface area contributed by atoms with Crippen molar-refractivity contribution in [3.8, 4) is 11.5 Å². The van der Waals surface area contributed by atoms with Gasteiger partial charge in [0.2, 0.25) is 11.9 Å². The number of aliphatic imine (C=N–C) groups is 1. The minimum Gasteiger partial charge on any atom is -0.384 e. The van der Waals surface area contributed by atoms with Crippen LogP contribution in [0.15, 0.2) is 47.0 Å². The number of aromatic nitrogens is 4. The highest BCUT2D eigenvalue weighted by molar-refractivity contribution is 5.56. The Labute approximate surface area is 151 Å². The Balaban J connectivity index is 2.40. The fourth-order valence-electron chi connectivity index (χ4n) is 1.99. The number of anilines is 3. The van der Waals surface area contributed by atoms with Crippen molar-refractivity contribution in [2.45, 2.75) is 26.8 Å². The van der Waals surface area contributed by atoms with Crippen molar-refractivity contribution in [3.05, 3.63) is 42.0 Å². The molecule has 0 atom stereocenters. The molecule has 0 bridgehead atoms. The zero-order chi connectivity index (χ0) is 19.1. The minimum atomic E-state index is -0.544. The van der Waals surface area contributed by atoms with Crippen LogP contribution in [-0.4, -0.2) is 32.7 Å². The van der Waals surface area contributed by atoms with Gasteiger partial charge in [-0.15, -0.1) is 0 Å². The van der Waals surface area contributed by atoms with E-state index in [1.165, 1.54) is 6.08 Å². The number of allylic oxidation sites excluding steroid dienone is 3. The lowest BCUT2D eigenvalue weighted by atomic mass is 10.3. The zero-order valence-corrected chi connectivity index (χ0v) is 14.9. The number of nitrogens with zero attached hydrogens (tertiary/aromatic N) is 5. The van der Waals surface area contributed by atoms with Gasteiger partial charge in [0.15, 0.2) is 5.82 Å². The first-order valence-corrected chi connectivity index (χ1v) is 7.89. The highest BCUT2D eigenvalue weighted by atomic mass is 19.1. The second-order valence-electron chi connectivity index (χ2n) is 5.70. The van der Waals surface area contributed by atoms with Gasteiger partial charge < -0.3 is 16.4 Å². The lowest BCUT2D eigenvalue weighted by Gasteiger charge is -2.12. The summed E-state index contributed by atoms with van der Waals surface area (Å²) in [4.78, 5) is 20.6. The van der Waals surface area contributed by atoms with Crippen molar-refractivity contribution in [3.63, 3.8) is 0 Å². The minimum absolute atomic E-state index is 0.114. The third-order valence-electron chi connectivity index (χ3n) is 2.93. The monoisotopic (exact) mass is 356 g/mol. The molecule has 0 aliphatic rings. The van der Waals surface area contributed by atoms with Gasteiger partial charge in [-0.1, -0.05) is 6.07 Å². The molecule has 0 saturated carbocycles. The molecular weight excluding hydrogens is 335 g/mol. The zero-order valence-electron chi connectivity index (χ0n) is 14.9. The molecule has 26 heavy (non-hydrogen) atoms. The number of rotatable bonds is 7. The summed E-state index contributed by atoms with van der Waals surface area (Å²) in [5, 5.41) is 6.04. The van der Waals surface area contributed by atoms with Crippen LogP contribution in [0.2, 0.25) is 0 Å². The van der Waals surface area contributed by atoms with E-state index in [1.54, 1.807) is 25.1 Å². The van der Waals surface area contributed by atoms with Gasteiger partial charge >= 0.3 is 0 Å². The van der Waals surface area contributed by atoms with Crippen LogP contribution in [0.3, 0.4) is 0 Å². The van der Waals surface area contributed by atoms with E-state index < -0.39 is 5.83 Å². The van der Waals surface area contributed by atoms with E-state index in [9.17, 15) is 4.39 Å². The standard InChI is InChI=1S/C17H21FN8/c1-10(2)21-16-24-15(13-6-5-7-14(19)23-13)25-17(26-16)22-11(3)8-12(18)9-20-4/h5-10H,4H2,1-3H3,(H2,19,23)(H2,21,22,24,25,26)/b11-8+,12-9+. The van der Waals surface area contributed by atoms with E-state index in [0.29, 0.717) is 29.0 Å². The van der Waals surface area contributed by atoms with Gasteiger partial charge in [0.25, 0.3) is 0 Å². The van der Waals surface area contributed by atoms with Crippen molar-refractivity contribution in [2.75, 3.05) is 16.4 Å². The van der Waals surface area contributed by atoms with E-state index in [-0.39, 0.29) is 12.0 Å². The van der Waals surface area contributed by atoms with Crippen LogP contribution < -0.4 is 16.4 Å². The largest absolute Gasteiger partial charge is 0.384 e. The average Bonchev–Trinajstić information content (AvgIpc) is 2.53. The summed E-state index contributed by atoms with van der Waals surface area (Å²) >= 11 is 0. The van der Waals surface area contributed by atoms with Gasteiger partial charge in [-0.05, 0) is 45.7 Å². The highest BCUT2D eigenvalue weighted by Crippen LogP contribution is 2.18. The summed E-state index contributed by atoms with van der Waals surface area (Å²) in [6.07, 6.45) is 2.26. The Bertz CT molecular complexity index is 844. The third-order valence-corrected chi connectivity index (χ3v) is 2.93. The predicted octanol–water partition coefficient (Wildman–Crippen LogP) is 3.16. The molecular formula is C17H21FN8. The molecule has 2 rings (SSSR count). The highest BCUT2D eigenvalue weighted by Gasteiger charge is 2.11. The van der Waals surface area contributed by atoms with Gasteiger partial charge in [-0.3, -0.25) is 4.99 Å². The molecule has 0 radical (unpaired) electrons. The molecule has 0 amide bonds. The predicted molar refractivity (Wildman–Crippen MR) is 102 cm³/mol. The maximum absolute atomic E-state index is 13.5. The number of nitrogens with two attached hydrogens (primary N) is 1. The molecule has 2 aromatic heterocycles. The number of hydrogen-bond acceptors (Lipinski definition) is 8. The second-order valence-corrected chi connectivity index (χ2v) is 5.70. The molecule has 0 aliphatic carbocycles. The summed E-state index contributed by atoms with van der Waals surface area (Å²) in [5.41, 5.74) is 6.72. The molecule has 0 unspecified atom stereocenters. The Hall–Kier alpha value is -3.36. The summed E-state index contributed by atoms with van der Waals surface area (Å²) in [6.45, 7) is 8.81. The quantitative estimate of drug-likeness (QED) is 0.516. The number of nitrogen functional groups attached to an aromatic ring is 1. The van der Waals surface area contributed by atoms with Crippen molar-refractivity contribution >= 4 is 24.4 Å². The maximum atomic E-state index is 13.5. The van der Waals surface area contributed by atoms with Crippen LogP contribution in [0.4, 0.5) is 22.1 Å². The first-order chi connectivity index (χ1) is 12.4. The Morgan fingerprint density at radius 2 is 1.96 bits per heavy atom. The van der Waals surface area contributed by atoms with Gasteiger partial charge in [0, 0.05) is 11.7 Å². The van der Waals surface area contributed by atoms with Gasteiger partial charge in [0.05, 0.1) is 6.20 Å². The average molecular weight is 356 g/mol. The second kappa shape index (κ2) is 8.65. The Morgan fingerprint density at radius 1 is 1.23 bits per heavy atom. The summed E-state index contributed by atoms with van der Waals surface area (Å²) < 4.78 is 13.5. The molecule has 0 aliphatic heterocycles. The van der Waals surface area contributed by atoms with E-state index in [2.05, 4.69) is 42.3 Å². The lowest BCUT2D eigenvalue weighted by molar-refractivity contribution is 0.662. The Morgan fingerprint density at radius 3 is 2.62 bits per heavy atom. The number of nitrogens with one attached hydrogen (secondary N) is 2. The van der Waals surface area contributed by atoms with Gasteiger partial charge in [-0.25, -0.2) is 9.37 Å². The van der Waals surface area contributed by atoms with Crippen molar-refractivity contribution < 1.29 is 4.39 Å². The molecule has 0 spiro atoms. The van der Waals surface area contributed by atoms with E-state index in [1.807, 2.05) is 13.8 Å². The molecule has 136 valence electrons. The van der Waals surface area contributed by atoms with E-state index in [0.717, 1.165) is 6.20 Å². The molecule has 9 heteroatoms. The van der Waals surface area contributed by atoms with Crippen LogP contribution in [0, 0.1) is 0 Å². The van der Waals surface area contributed by atoms with E-state index in [4.69, 9.17) is 5.73 Å². The molecule has 2 aromatic rings. The molecule has 0 aromatic carbocycles. The topological polar surface area (TPSA) is 114 Å². The Kier molecular flexibility index (Phi) is 6.31. The molecule has 0 fully saturated rings. The molecule has 2 heterocycles. The van der Waals surface area contributed by atoms with Gasteiger partial charge in [-0.2, -0.15) is 15.0 Å². The SMILES string of the molecule is C=N/C=C(F)\C=C(/C)Nc1nc(NC(C)C)nc(-c2cccc(N)n2)n1. The van der Waals surface area contributed by atoms with Crippen molar-refractivity contribution in [1.29, 1.82) is 0 Å². The van der Waals surface area contributed by atoms with Crippen molar-refractivity contribution in [1.82, 2.24) is 19.9 Å². The number of halogens is 1. The van der Waals surface area contributed by atoms with Crippen LogP contribution in [0.5, 0.6) is 0 Å². The fraction of sp³-hybridized carbons (Fsp3) is 0.235. The number of pyridine rings is 1. The van der Waals surface area contributed by atoms with Crippen LogP contribution in [0.25, 0.3) is 11.5 Å². The summed E-state index contributed by atoms with van der Waals surface area (Å²) in [6, 6.07) is 5.29. The maximum Gasteiger partial charge on any atom is 0.232 e. The van der Waals surface area contributed by atoms with Crippen LogP contribution >= 0.6 is 0 Å². The normalized spacial score (nSPS) is 12.2. The van der Waals surface area contributed by atoms with Gasteiger partial charge in [0.1, 0.15) is 17.3 Å². The van der Waals surface area contributed by atoms with Crippen molar-refractivity contribution in [2.24, 2.45) is 4.99 Å². The lowest BCUT2D eigenvalue weighted by Crippen LogP contribution is -2.15. The molecule has 8 nitrogen and oxygen atoms in total. The fourth-order valence-corrected chi connectivity index (χ4v) is 1.99. The molecule has 0 saturated heterocycles. The number of hydrogen-bond donors (Lipinski definition) is 3. The van der Waals surface area contributed by atoms with E-state index >= 15 is 0 Å². The van der Waals surface area contributed by atoms with Crippen LogP contribution in [-0.2, 0) is 0 Å². The third kappa shape index (κ3) is 5.62. The smallest absolute Gasteiger partial charge is 0.232 e.